The predicted molar refractivity (Wildman–Crippen MR) is 113 cm³/mol. The van der Waals surface area contributed by atoms with Crippen LogP contribution < -0.4 is 20.7 Å². The van der Waals surface area contributed by atoms with Crippen molar-refractivity contribution in [2.75, 3.05) is 25.5 Å². The molecule has 1 atom stereocenters. The van der Waals surface area contributed by atoms with Gasteiger partial charge in [-0.1, -0.05) is 25.1 Å². The van der Waals surface area contributed by atoms with Gasteiger partial charge in [0.2, 0.25) is 0 Å². The summed E-state index contributed by atoms with van der Waals surface area (Å²) in [5, 5.41) is 9.53. The molecule has 7 heteroatoms. The highest BCUT2D eigenvalue weighted by Crippen LogP contribution is 2.23. The molecule has 0 aliphatic heterocycles. The lowest BCUT2D eigenvalue weighted by Crippen LogP contribution is -2.38. The number of likely N-dealkylation sites (N-methyl/N-ethyl adjacent to an activating group) is 1. The van der Waals surface area contributed by atoms with Crippen LogP contribution in [0.4, 0.5) is 11.4 Å². The molecule has 0 bridgehead atoms. The number of benzene rings is 2. The number of hydrogen-bond acceptors (Lipinski definition) is 4. The molecular weight excluding hydrogens is 373 g/mol. The Morgan fingerprint density at radius 3 is 2.54 bits per heavy atom. The zero-order valence-corrected chi connectivity index (χ0v) is 16.9. The number of anilines is 2. The Morgan fingerprint density at radius 2 is 1.85 bits per heavy atom. The van der Waals surface area contributed by atoms with Crippen molar-refractivity contribution >= 4 is 42.1 Å². The highest BCUT2D eigenvalue weighted by atomic mass is 35.5. The summed E-state index contributed by atoms with van der Waals surface area (Å²) in [5.74, 6) is 0.673. The van der Waals surface area contributed by atoms with E-state index in [0.717, 1.165) is 23.7 Å². The zero-order valence-electron chi connectivity index (χ0n) is 15.2. The summed E-state index contributed by atoms with van der Waals surface area (Å²) in [5.41, 5.74) is 2.25. The van der Waals surface area contributed by atoms with Gasteiger partial charge < -0.3 is 20.7 Å². The monoisotopic (exact) mass is 399 g/mol. The van der Waals surface area contributed by atoms with E-state index in [2.05, 4.69) is 16.0 Å². The average molecular weight is 400 g/mol. The summed E-state index contributed by atoms with van der Waals surface area (Å²) in [7, 11) is 1.63. The van der Waals surface area contributed by atoms with Crippen LogP contribution >= 0.6 is 24.8 Å². The van der Waals surface area contributed by atoms with Gasteiger partial charge in [-0.25, -0.2) is 0 Å². The third-order valence-electron chi connectivity index (χ3n) is 3.64. The molecule has 26 heavy (non-hydrogen) atoms. The van der Waals surface area contributed by atoms with Crippen LogP contribution in [0.15, 0.2) is 48.5 Å². The van der Waals surface area contributed by atoms with E-state index < -0.39 is 0 Å². The van der Waals surface area contributed by atoms with Crippen molar-refractivity contribution in [3.8, 4) is 5.75 Å². The summed E-state index contributed by atoms with van der Waals surface area (Å²) in [4.78, 5) is 12.5. The van der Waals surface area contributed by atoms with Gasteiger partial charge in [0.05, 0.1) is 18.4 Å². The first-order chi connectivity index (χ1) is 11.6. The molecule has 0 radical (unpaired) electrons. The van der Waals surface area contributed by atoms with Crippen molar-refractivity contribution in [1.29, 1.82) is 0 Å². The van der Waals surface area contributed by atoms with Gasteiger partial charge >= 0.3 is 0 Å². The maximum absolute atomic E-state index is 12.5. The number of nitrogens with one attached hydrogen (secondary N) is 3. The first kappa shape index (κ1) is 24.1. The number of rotatable bonds is 8. The Labute approximate surface area is 167 Å². The number of carbonyl (C=O) groups excluding carboxylic acids is 1. The second-order valence-corrected chi connectivity index (χ2v) is 5.57. The van der Waals surface area contributed by atoms with Crippen LogP contribution in [0.3, 0.4) is 0 Å². The molecule has 0 aromatic heterocycles. The lowest BCUT2D eigenvalue weighted by Gasteiger charge is -2.15. The number of carbonyl (C=O) groups is 1. The standard InChI is InChI=1S/C19H25N3O2.2ClH/c1-4-20-14(2)13-21-19(23)17-10-5-6-11-18(17)22-15-8-7-9-16(12-15)24-3;;/h5-12,14,20,22H,4,13H2,1-3H3,(H,21,23);2*1H/t14-;;/m1../s1. The number of ether oxygens (including phenoxy) is 1. The Kier molecular flexibility index (Phi) is 11.5. The van der Waals surface area contributed by atoms with Crippen LogP contribution in [0.2, 0.25) is 0 Å². The van der Waals surface area contributed by atoms with Crippen LogP contribution in [-0.2, 0) is 0 Å². The lowest BCUT2D eigenvalue weighted by molar-refractivity contribution is 0.0951. The number of methoxy groups -OCH3 is 1. The van der Waals surface area contributed by atoms with E-state index in [9.17, 15) is 4.79 Å². The molecule has 0 fully saturated rings. The zero-order chi connectivity index (χ0) is 17.4. The Bertz CT molecular complexity index is 683. The van der Waals surface area contributed by atoms with E-state index >= 15 is 0 Å². The van der Waals surface area contributed by atoms with Crippen molar-refractivity contribution in [3.05, 3.63) is 54.1 Å². The summed E-state index contributed by atoms with van der Waals surface area (Å²) in [6, 6.07) is 15.3. The average Bonchev–Trinajstić information content (AvgIpc) is 2.60. The highest BCUT2D eigenvalue weighted by molar-refractivity contribution is 6.00. The largest absolute Gasteiger partial charge is 0.497 e. The van der Waals surface area contributed by atoms with Gasteiger partial charge in [-0.05, 0) is 37.7 Å². The van der Waals surface area contributed by atoms with E-state index in [-0.39, 0.29) is 36.8 Å². The molecule has 2 rings (SSSR count). The molecule has 0 aliphatic rings. The quantitative estimate of drug-likeness (QED) is 0.627. The number of hydrogen-bond donors (Lipinski definition) is 3. The van der Waals surface area contributed by atoms with Gasteiger partial charge in [0.25, 0.3) is 5.91 Å². The number of para-hydroxylation sites is 1. The van der Waals surface area contributed by atoms with E-state index in [0.29, 0.717) is 12.1 Å². The fraction of sp³-hybridized carbons (Fsp3) is 0.316. The van der Waals surface area contributed by atoms with Crippen LogP contribution in [0.1, 0.15) is 24.2 Å². The molecule has 0 heterocycles. The van der Waals surface area contributed by atoms with E-state index in [1.54, 1.807) is 7.11 Å². The molecule has 0 saturated heterocycles. The minimum absolute atomic E-state index is 0. The van der Waals surface area contributed by atoms with Crippen LogP contribution in [0.25, 0.3) is 0 Å². The third-order valence-corrected chi connectivity index (χ3v) is 3.64. The van der Waals surface area contributed by atoms with Gasteiger partial charge in [0.15, 0.2) is 0 Å². The topological polar surface area (TPSA) is 62.4 Å². The van der Waals surface area contributed by atoms with Crippen LogP contribution in [0.5, 0.6) is 5.75 Å². The summed E-state index contributed by atoms with van der Waals surface area (Å²) >= 11 is 0. The fourth-order valence-electron chi connectivity index (χ4n) is 2.41. The molecule has 0 spiro atoms. The second kappa shape index (κ2) is 12.4. The van der Waals surface area contributed by atoms with E-state index in [1.165, 1.54) is 0 Å². The molecule has 2 aromatic carbocycles. The predicted octanol–water partition coefficient (Wildman–Crippen LogP) is 4.01. The van der Waals surface area contributed by atoms with E-state index in [1.807, 2.05) is 62.4 Å². The molecule has 3 N–H and O–H groups in total. The van der Waals surface area contributed by atoms with Crippen molar-refractivity contribution in [3.63, 3.8) is 0 Å². The number of amides is 1. The van der Waals surface area contributed by atoms with Gasteiger partial charge in [-0.3, -0.25) is 4.79 Å². The Hall–Kier alpha value is -1.95. The first-order valence-electron chi connectivity index (χ1n) is 8.15. The molecular formula is C19H27Cl2N3O2. The minimum atomic E-state index is -0.0919. The van der Waals surface area contributed by atoms with E-state index in [4.69, 9.17) is 4.74 Å². The van der Waals surface area contributed by atoms with Gasteiger partial charge in [-0.15, -0.1) is 24.8 Å². The van der Waals surface area contributed by atoms with Gasteiger partial charge in [-0.2, -0.15) is 0 Å². The van der Waals surface area contributed by atoms with Crippen molar-refractivity contribution in [2.24, 2.45) is 0 Å². The molecule has 0 saturated carbocycles. The minimum Gasteiger partial charge on any atom is -0.497 e. The Balaban J connectivity index is 0.00000312. The summed E-state index contributed by atoms with van der Waals surface area (Å²) < 4.78 is 5.23. The molecule has 0 unspecified atom stereocenters. The van der Waals surface area contributed by atoms with Crippen molar-refractivity contribution in [2.45, 2.75) is 19.9 Å². The molecule has 2 aromatic rings. The first-order valence-corrected chi connectivity index (χ1v) is 8.15. The summed E-state index contributed by atoms with van der Waals surface area (Å²) in [6.07, 6.45) is 0. The second-order valence-electron chi connectivity index (χ2n) is 5.57. The molecule has 5 nitrogen and oxygen atoms in total. The third kappa shape index (κ3) is 7.12. The molecule has 0 aliphatic carbocycles. The fourth-order valence-corrected chi connectivity index (χ4v) is 2.41. The van der Waals surface area contributed by atoms with Crippen molar-refractivity contribution < 1.29 is 9.53 Å². The molecule has 144 valence electrons. The summed E-state index contributed by atoms with van der Waals surface area (Å²) in [6.45, 7) is 5.56. The highest BCUT2D eigenvalue weighted by Gasteiger charge is 2.12. The van der Waals surface area contributed by atoms with Gasteiger partial charge in [0.1, 0.15) is 5.75 Å². The Morgan fingerprint density at radius 1 is 1.12 bits per heavy atom. The van der Waals surface area contributed by atoms with Crippen LogP contribution in [0, 0.1) is 0 Å². The lowest BCUT2D eigenvalue weighted by atomic mass is 10.1. The molecule has 1 amide bonds. The van der Waals surface area contributed by atoms with Crippen molar-refractivity contribution in [1.82, 2.24) is 10.6 Å². The SMILES string of the molecule is CCN[C@H](C)CNC(=O)c1ccccc1Nc1cccc(OC)c1.Cl.Cl. The maximum Gasteiger partial charge on any atom is 0.253 e. The van der Waals surface area contributed by atoms with Crippen LogP contribution in [-0.4, -0.2) is 32.1 Å². The number of halogens is 2. The normalized spacial score (nSPS) is 10.7. The smallest absolute Gasteiger partial charge is 0.253 e. The maximum atomic E-state index is 12.5. The van der Waals surface area contributed by atoms with Gasteiger partial charge in [0, 0.05) is 24.3 Å².